The van der Waals surface area contributed by atoms with Crippen molar-refractivity contribution >= 4 is 28.2 Å². The Bertz CT molecular complexity index is 744. The zero-order valence-corrected chi connectivity index (χ0v) is 11.1. The Balaban J connectivity index is 2.03. The summed E-state index contributed by atoms with van der Waals surface area (Å²) in [7, 11) is 0. The van der Waals surface area contributed by atoms with E-state index in [1.165, 1.54) is 11.3 Å². The molecule has 0 spiro atoms. The molecule has 1 atom stereocenters. The van der Waals surface area contributed by atoms with Gasteiger partial charge in [0.15, 0.2) is 5.01 Å². The fourth-order valence-corrected chi connectivity index (χ4v) is 2.72. The van der Waals surface area contributed by atoms with Crippen molar-refractivity contribution in [3.8, 4) is 0 Å². The first-order chi connectivity index (χ1) is 9.16. The summed E-state index contributed by atoms with van der Waals surface area (Å²) in [6, 6.07) is 3.54. The summed E-state index contributed by atoms with van der Waals surface area (Å²) in [4.78, 5) is 23.9. The summed E-state index contributed by atoms with van der Waals surface area (Å²) >= 11 is 1.31. The van der Waals surface area contributed by atoms with E-state index < -0.39 is 0 Å². The standard InChI is InChI=1S/C13H12N4OS/c1-7(14)10-6-19-13(17-10)12(18)8-5-16-9-3-2-4-15-11(8)9/h2-7,16H,14H2,1H3/t7-/m0/s1. The van der Waals surface area contributed by atoms with Gasteiger partial charge in [-0.15, -0.1) is 11.3 Å². The molecular weight excluding hydrogens is 260 g/mol. The molecule has 3 rings (SSSR count). The predicted octanol–water partition coefficient (Wildman–Crippen LogP) is 2.27. The van der Waals surface area contributed by atoms with Gasteiger partial charge in [-0.25, -0.2) is 4.98 Å². The van der Waals surface area contributed by atoms with Gasteiger partial charge in [-0.2, -0.15) is 0 Å². The van der Waals surface area contributed by atoms with E-state index in [0.29, 0.717) is 16.1 Å². The van der Waals surface area contributed by atoms with Gasteiger partial charge in [0, 0.05) is 23.8 Å². The van der Waals surface area contributed by atoms with Gasteiger partial charge < -0.3 is 10.7 Å². The largest absolute Gasteiger partial charge is 0.359 e. The highest BCUT2D eigenvalue weighted by molar-refractivity contribution is 7.12. The number of nitrogens with one attached hydrogen (secondary N) is 1. The summed E-state index contributed by atoms with van der Waals surface area (Å²) in [6.07, 6.45) is 3.34. The Morgan fingerprint density at radius 2 is 2.37 bits per heavy atom. The van der Waals surface area contributed by atoms with E-state index >= 15 is 0 Å². The van der Waals surface area contributed by atoms with Crippen LogP contribution in [0, 0.1) is 0 Å². The maximum absolute atomic E-state index is 12.4. The lowest BCUT2D eigenvalue weighted by Gasteiger charge is -1.97. The number of aromatic nitrogens is 3. The van der Waals surface area contributed by atoms with Gasteiger partial charge in [0.2, 0.25) is 5.78 Å². The molecule has 0 unspecified atom stereocenters. The number of hydrogen-bond acceptors (Lipinski definition) is 5. The van der Waals surface area contributed by atoms with E-state index in [9.17, 15) is 4.79 Å². The fraction of sp³-hybridized carbons (Fsp3) is 0.154. The summed E-state index contributed by atoms with van der Waals surface area (Å²) in [6.45, 7) is 1.84. The van der Waals surface area contributed by atoms with Crippen molar-refractivity contribution < 1.29 is 4.79 Å². The first kappa shape index (κ1) is 12.0. The van der Waals surface area contributed by atoms with Gasteiger partial charge in [0.25, 0.3) is 0 Å². The van der Waals surface area contributed by atoms with Crippen LogP contribution in [-0.4, -0.2) is 20.7 Å². The lowest BCUT2D eigenvalue weighted by Crippen LogP contribution is -2.07. The lowest BCUT2D eigenvalue weighted by atomic mass is 10.2. The number of nitrogens with zero attached hydrogens (tertiary/aromatic N) is 2. The third-order valence-electron chi connectivity index (χ3n) is 2.86. The molecule has 0 aliphatic rings. The molecule has 0 bridgehead atoms. The van der Waals surface area contributed by atoms with Crippen molar-refractivity contribution in [2.45, 2.75) is 13.0 Å². The molecule has 0 amide bonds. The van der Waals surface area contributed by atoms with Crippen LogP contribution in [0.3, 0.4) is 0 Å². The average molecular weight is 272 g/mol. The van der Waals surface area contributed by atoms with Gasteiger partial charge in [-0.3, -0.25) is 9.78 Å². The Kier molecular flexibility index (Phi) is 2.88. The predicted molar refractivity (Wildman–Crippen MR) is 74.2 cm³/mol. The molecule has 6 heteroatoms. The number of hydrogen-bond donors (Lipinski definition) is 2. The van der Waals surface area contributed by atoms with Crippen molar-refractivity contribution in [1.29, 1.82) is 0 Å². The fourth-order valence-electron chi connectivity index (χ4n) is 1.84. The Labute approximate surface area is 113 Å². The van der Waals surface area contributed by atoms with Gasteiger partial charge in [0.05, 0.1) is 22.3 Å². The number of carbonyl (C=O) groups excluding carboxylic acids is 1. The number of rotatable bonds is 3. The monoisotopic (exact) mass is 272 g/mol. The third kappa shape index (κ3) is 2.05. The van der Waals surface area contributed by atoms with Crippen LogP contribution in [0.15, 0.2) is 29.9 Å². The van der Waals surface area contributed by atoms with Crippen molar-refractivity contribution in [2.75, 3.05) is 0 Å². The van der Waals surface area contributed by atoms with Crippen LogP contribution in [0.2, 0.25) is 0 Å². The van der Waals surface area contributed by atoms with E-state index in [1.807, 2.05) is 24.4 Å². The molecule has 96 valence electrons. The second-order valence-corrected chi connectivity index (χ2v) is 5.16. The Morgan fingerprint density at radius 1 is 1.53 bits per heavy atom. The number of aromatic amines is 1. The van der Waals surface area contributed by atoms with Gasteiger partial charge in [0.1, 0.15) is 0 Å². The van der Waals surface area contributed by atoms with E-state index in [-0.39, 0.29) is 11.8 Å². The summed E-state index contributed by atoms with van der Waals surface area (Å²) in [5.74, 6) is -0.123. The quantitative estimate of drug-likeness (QED) is 0.716. The number of fused-ring (bicyclic) bond motifs is 1. The number of ketones is 1. The molecule has 0 fully saturated rings. The molecule has 0 radical (unpaired) electrons. The van der Waals surface area contributed by atoms with Crippen molar-refractivity contribution in [3.05, 3.63) is 46.2 Å². The summed E-state index contributed by atoms with van der Waals surface area (Å²) in [5, 5.41) is 2.26. The smallest absolute Gasteiger partial charge is 0.225 e. The van der Waals surface area contributed by atoms with E-state index in [0.717, 1.165) is 11.2 Å². The average Bonchev–Trinajstić information content (AvgIpc) is 3.05. The third-order valence-corrected chi connectivity index (χ3v) is 3.72. The minimum Gasteiger partial charge on any atom is -0.359 e. The molecule has 5 nitrogen and oxygen atoms in total. The molecule has 0 saturated heterocycles. The SMILES string of the molecule is C[C@H](N)c1csc(C(=O)c2c[nH]c3cccnc23)n1. The first-order valence-corrected chi connectivity index (χ1v) is 6.72. The first-order valence-electron chi connectivity index (χ1n) is 5.84. The highest BCUT2D eigenvalue weighted by Crippen LogP contribution is 2.22. The van der Waals surface area contributed by atoms with Crippen LogP contribution in [-0.2, 0) is 0 Å². The highest BCUT2D eigenvalue weighted by Gasteiger charge is 2.19. The van der Waals surface area contributed by atoms with Crippen LogP contribution in [0.25, 0.3) is 11.0 Å². The van der Waals surface area contributed by atoms with Crippen LogP contribution in [0.5, 0.6) is 0 Å². The molecule has 0 aromatic carbocycles. The van der Waals surface area contributed by atoms with E-state index in [2.05, 4.69) is 15.0 Å². The van der Waals surface area contributed by atoms with Crippen LogP contribution in [0.4, 0.5) is 0 Å². The van der Waals surface area contributed by atoms with Gasteiger partial charge in [-0.1, -0.05) is 0 Å². The molecule has 19 heavy (non-hydrogen) atoms. The lowest BCUT2D eigenvalue weighted by molar-refractivity contribution is 0.103. The summed E-state index contributed by atoms with van der Waals surface area (Å²) < 4.78 is 0. The van der Waals surface area contributed by atoms with Gasteiger partial charge in [-0.05, 0) is 19.1 Å². The zero-order valence-electron chi connectivity index (χ0n) is 10.3. The van der Waals surface area contributed by atoms with E-state index in [1.54, 1.807) is 12.4 Å². The number of thiazole rings is 1. The maximum Gasteiger partial charge on any atom is 0.225 e. The summed E-state index contributed by atoms with van der Waals surface area (Å²) in [5.41, 5.74) is 8.54. The van der Waals surface area contributed by atoms with Crippen molar-refractivity contribution in [3.63, 3.8) is 0 Å². The number of nitrogens with two attached hydrogens (primary N) is 1. The van der Waals surface area contributed by atoms with Gasteiger partial charge >= 0.3 is 0 Å². The Hall–Kier alpha value is -2.05. The van der Waals surface area contributed by atoms with Crippen molar-refractivity contribution in [2.24, 2.45) is 5.73 Å². The molecule has 3 aromatic rings. The minimum absolute atomic E-state index is 0.123. The number of carbonyl (C=O) groups is 1. The van der Waals surface area contributed by atoms with E-state index in [4.69, 9.17) is 5.73 Å². The molecule has 3 N–H and O–H groups in total. The molecule has 0 aliphatic carbocycles. The van der Waals surface area contributed by atoms with Crippen LogP contribution in [0.1, 0.15) is 34.0 Å². The molecular formula is C13H12N4OS. The highest BCUT2D eigenvalue weighted by atomic mass is 32.1. The van der Waals surface area contributed by atoms with Crippen molar-refractivity contribution in [1.82, 2.24) is 15.0 Å². The number of pyridine rings is 1. The maximum atomic E-state index is 12.4. The molecule has 3 aromatic heterocycles. The van der Waals surface area contributed by atoms with Crippen LogP contribution < -0.4 is 5.73 Å². The molecule has 3 heterocycles. The minimum atomic E-state index is -0.168. The number of H-pyrrole nitrogens is 1. The molecule has 0 aliphatic heterocycles. The molecule has 0 saturated carbocycles. The Morgan fingerprint density at radius 3 is 3.11 bits per heavy atom. The second kappa shape index (κ2) is 4.56. The second-order valence-electron chi connectivity index (χ2n) is 4.30. The topological polar surface area (TPSA) is 84.7 Å². The van der Waals surface area contributed by atoms with Crippen LogP contribution >= 0.6 is 11.3 Å². The normalized spacial score (nSPS) is 12.7. The zero-order chi connectivity index (χ0) is 13.4.